The van der Waals surface area contributed by atoms with Crippen molar-refractivity contribution in [2.24, 2.45) is 5.11 Å². The summed E-state index contributed by atoms with van der Waals surface area (Å²) in [7, 11) is 0. The van der Waals surface area contributed by atoms with Gasteiger partial charge >= 0.3 is 0 Å². The fraction of sp³-hybridized carbons (Fsp3) is 0.368. The van der Waals surface area contributed by atoms with Crippen LogP contribution >= 0.6 is 0 Å². The van der Waals surface area contributed by atoms with E-state index >= 15 is 0 Å². The molecule has 0 radical (unpaired) electrons. The highest BCUT2D eigenvalue weighted by Crippen LogP contribution is 2.29. The third-order valence-corrected chi connectivity index (χ3v) is 4.11. The van der Waals surface area contributed by atoms with Gasteiger partial charge in [-0.1, -0.05) is 65.8 Å². The highest BCUT2D eigenvalue weighted by molar-refractivity contribution is 5.14. The van der Waals surface area contributed by atoms with Crippen LogP contribution in [0.2, 0.25) is 0 Å². The molecule has 4 atom stereocenters. The molecule has 7 heteroatoms. The molecule has 2 aromatic carbocycles. The molecule has 0 spiro atoms. The van der Waals surface area contributed by atoms with Crippen molar-refractivity contribution in [3.63, 3.8) is 0 Å². The molecule has 136 valence electrons. The van der Waals surface area contributed by atoms with E-state index in [4.69, 9.17) is 19.7 Å². The lowest BCUT2D eigenvalue weighted by atomic mass is 10.1. The second kappa shape index (κ2) is 9.31. The molecule has 1 fully saturated rings. The number of benzene rings is 2. The van der Waals surface area contributed by atoms with Crippen LogP contribution in [0.15, 0.2) is 65.8 Å². The molecule has 6 nitrogen and oxygen atoms in total. The zero-order chi connectivity index (χ0) is 18.2. The van der Waals surface area contributed by atoms with E-state index in [0.29, 0.717) is 6.61 Å². The van der Waals surface area contributed by atoms with E-state index in [0.717, 1.165) is 11.1 Å². The van der Waals surface area contributed by atoms with Crippen molar-refractivity contribution in [1.29, 1.82) is 0 Å². The fourth-order valence-corrected chi connectivity index (χ4v) is 2.81. The smallest absolute Gasteiger partial charge is 0.170 e. The molecule has 0 amide bonds. The molecule has 0 N–H and O–H groups in total. The molecule has 26 heavy (non-hydrogen) atoms. The maximum absolute atomic E-state index is 14.6. The Balaban J connectivity index is 1.59. The molecule has 1 aliphatic rings. The van der Waals surface area contributed by atoms with Gasteiger partial charge in [-0.05, 0) is 16.7 Å². The van der Waals surface area contributed by atoms with E-state index in [-0.39, 0.29) is 13.2 Å². The molecule has 0 aromatic heterocycles. The fourth-order valence-electron chi connectivity index (χ4n) is 2.81. The van der Waals surface area contributed by atoms with E-state index in [9.17, 15) is 4.39 Å². The number of azide groups is 1. The first-order valence-electron chi connectivity index (χ1n) is 8.39. The molecule has 0 saturated carbocycles. The van der Waals surface area contributed by atoms with E-state index < -0.39 is 24.6 Å². The number of hydrogen-bond acceptors (Lipinski definition) is 4. The Hall–Kier alpha value is -2.44. The van der Waals surface area contributed by atoms with Crippen LogP contribution in [0.4, 0.5) is 4.39 Å². The van der Waals surface area contributed by atoms with E-state index in [1.54, 1.807) is 0 Å². The Labute approximate surface area is 151 Å². The van der Waals surface area contributed by atoms with Gasteiger partial charge in [0.05, 0.1) is 19.8 Å². The van der Waals surface area contributed by atoms with Crippen molar-refractivity contribution in [3.8, 4) is 0 Å². The van der Waals surface area contributed by atoms with Crippen molar-refractivity contribution >= 4 is 0 Å². The standard InChI is InChI=1S/C19H20FN3O3/c20-17-18(25-12-15-9-5-2-6-10-15)16(26-19(17)22-23-21)13-24-11-14-7-3-1-4-8-14/h1-10,16-19H,11-13H2/t16-,17+,18-,19-/m1/s1. The van der Waals surface area contributed by atoms with Gasteiger partial charge in [-0.15, -0.1) is 0 Å². The van der Waals surface area contributed by atoms with Crippen molar-refractivity contribution < 1.29 is 18.6 Å². The Morgan fingerprint density at radius 2 is 1.62 bits per heavy atom. The molecule has 1 heterocycles. The van der Waals surface area contributed by atoms with Gasteiger partial charge in [0, 0.05) is 4.91 Å². The lowest BCUT2D eigenvalue weighted by Gasteiger charge is -2.20. The maximum Gasteiger partial charge on any atom is 0.170 e. The van der Waals surface area contributed by atoms with Gasteiger partial charge in [0.15, 0.2) is 12.4 Å². The Morgan fingerprint density at radius 1 is 1.00 bits per heavy atom. The van der Waals surface area contributed by atoms with Crippen LogP contribution in [-0.2, 0) is 27.4 Å². The van der Waals surface area contributed by atoms with Gasteiger partial charge in [-0.25, -0.2) is 4.39 Å². The molecule has 0 unspecified atom stereocenters. The lowest BCUT2D eigenvalue weighted by molar-refractivity contribution is -0.0727. The van der Waals surface area contributed by atoms with Gasteiger partial charge in [0.2, 0.25) is 0 Å². The quantitative estimate of drug-likeness (QED) is 0.404. The molecular formula is C19H20FN3O3. The summed E-state index contributed by atoms with van der Waals surface area (Å²) in [5.74, 6) is 0. The SMILES string of the molecule is [N-]=[N+]=N[C@@H]1O[C@H](COCc2ccccc2)[C@@H](OCc2ccccc2)[C@@H]1F. The number of hydrogen-bond donors (Lipinski definition) is 0. The molecule has 0 aliphatic carbocycles. The third-order valence-electron chi connectivity index (χ3n) is 4.11. The first-order valence-corrected chi connectivity index (χ1v) is 8.39. The van der Waals surface area contributed by atoms with Gasteiger partial charge in [-0.3, -0.25) is 0 Å². The highest BCUT2D eigenvalue weighted by Gasteiger charge is 2.45. The summed E-state index contributed by atoms with van der Waals surface area (Å²) in [6.07, 6.45) is -4.25. The number of rotatable bonds is 8. The Kier molecular flexibility index (Phi) is 6.57. The van der Waals surface area contributed by atoms with Crippen LogP contribution in [0.25, 0.3) is 10.4 Å². The molecule has 3 rings (SSSR count). The number of alkyl halides is 1. The van der Waals surface area contributed by atoms with E-state index in [1.165, 1.54) is 0 Å². The third kappa shape index (κ3) is 4.80. The zero-order valence-electron chi connectivity index (χ0n) is 14.1. The van der Waals surface area contributed by atoms with E-state index in [1.807, 2.05) is 60.7 Å². The average Bonchev–Trinajstić information content (AvgIpc) is 2.97. The van der Waals surface area contributed by atoms with Crippen molar-refractivity contribution in [1.82, 2.24) is 0 Å². The zero-order valence-corrected chi connectivity index (χ0v) is 14.1. The molecule has 1 aliphatic heterocycles. The maximum atomic E-state index is 14.6. The van der Waals surface area contributed by atoms with Gasteiger partial charge in [0.1, 0.15) is 12.2 Å². The van der Waals surface area contributed by atoms with Crippen LogP contribution in [0.5, 0.6) is 0 Å². The minimum Gasteiger partial charge on any atom is -0.374 e. The summed E-state index contributed by atoms with van der Waals surface area (Å²) >= 11 is 0. The van der Waals surface area contributed by atoms with Crippen molar-refractivity contribution in [2.75, 3.05) is 6.61 Å². The normalized spacial score (nSPS) is 25.0. The summed E-state index contributed by atoms with van der Waals surface area (Å²) in [5, 5.41) is 3.37. The first kappa shape index (κ1) is 18.4. The van der Waals surface area contributed by atoms with Crippen molar-refractivity contribution in [2.45, 2.75) is 37.8 Å². The largest absolute Gasteiger partial charge is 0.374 e. The summed E-state index contributed by atoms with van der Waals surface area (Å²) in [4.78, 5) is 2.65. The van der Waals surface area contributed by atoms with Crippen LogP contribution in [0, 0.1) is 0 Å². The lowest BCUT2D eigenvalue weighted by Crippen LogP contribution is -2.34. The summed E-state index contributed by atoms with van der Waals surface area (Å²) < 4.78 is 31.5. The topological polar surface area (TPSA) is 76.5 Å². The second-order valence-electron chi connectivity index (χ2n) is 5.98. The molecule has 0 bridgehead atoms. The average molecular weight is 357 g/mol. The summed E-state index contributed by atoms with van der Waals surface area (Å²) in [6.45, 7) is 0.773. The van der Waals surface area contributed by atoms with Crippen LogP contribution in [-0.4, -0.2) is 31.2 Å². The van der Waals surface area contributed by atoms with Crippen LogP contribution < -0.4 is 0 Å². The minimum absolute atomic E-state index is 0.145. The summed E-state index contributed by atoms with van der Waals surface area (Å²) in [5.41, 5.74) is 10.5. The Morgan fingerprint density at radius 3 is 2.23 bits per heavy atom. The summed E-state index contributed by atoms with van der Waals surface area (Å²) in [6, 6.07) is 19.1. The highest BCUT2D eigenvalue weighted by atomic mass is 19.1. The monoisotopic (exact) mass is 357 g/mol. The molecule has 2 aromatic rings. The van der Waals surface area contributed by atoms with E-state index in [2.05, 4.69) is 10.0 Å². The van der Waals surface area contributed by atoms with Gasteiger partial charge < -0.3 is 14.2 Å². The number of nitrogens with zero attached hydrogens (tertiary/aromatic N) is 3. The second-order valence-corrected chi connectivity index (χ2v) is 5.98. The van der Waals surface area contributed by atoms with Crippen molar-refractivity contribution in [3.05, 3.63) is 82.2 Å². The number of halogens is 1. The predicted octanol–water partition coefficient (Wildman–Crippen LogP) is 4.16. The first-order chi connectivity index (χ1) is 12.8. The predicted molar refractivity (Wildman–Crippen MR) is 93.8 cm³/mol. The Bertz CT molecular complexity index is 725. The molecule has 1 saturated heterocycles. The van der Waals surface area contributed by atoms with Gasteiger partial charge in [0.25, 0.3) is 0 Å². The van der Waals surface area contributed by atoms with Crippen LogP contribution in [0.1, 0.15) is 11.1 Å². The molecular weight excluding hydrogens is 337 g/mol. The number of ether oxygens (including phenoxy) is 3. The van der Waals surface area contributed by atoms with Gasteiger partial charge in [-0.2, -0.15) is 0 Å². The minimum atomic E-state index is -1.54. The van der Waals surface area contributed by atoms with Crippen LogP contribution in [0.3, 0.4) is 0 Å².